The van der Waals surface area contributed by atoms with Crippen LogP contribution in [0, 0.1) is 6.92 Å². The van der Waals surface area contributed by atoms with E-state index in [1.54, 1.807) is 26.0 Å². The SMILES string of the molecule is Cc1cnc([C@H](C)N(CCO)S(=O)(=O)c2ccc(Br)cc2)o1. The molecule has 0 radical (unpaired) electrons. The van der Waals surface area contributed by atoms with Gasteiger partial charge in [0.05, 0.1) is 23.7 Å². The average Bonchev–Trinajstić information content (AvgIpc) is 2.91. The number of hydrogen-bond donors (Lipinski definition) is 1. The minimum absolute atomic E-state index is 0.0407. The minimum Gasteiger partial charge on any atom is -0.444 e. The van der Waals surface area contributed by atoms with Gasteiger partial charge in [-0.15, -0.1) is 0 Å². The van der Waals surface area contributed by atoms with Gasteiger partial charge >= 0.3 is 0 Å². The molecule has 1 heterocycles. The van der Waals surface area contributed by atoms with E-state index >= 15 is 0 Å². The van der Waals surface area contributed by atoms with E-state index in [1.807, 2.05) is 0 Å². The van der Waals surface area contributed by atoms with Gasteiger partial charge in [-0.2, -0.15) is 4.31 Å². The summed E-state index contributed by atoms with van der Waals surface area (Å²) < 4.78 is 33.0. The second kappa shape index (κ2) is 6.91. The summed E-state index contributed by atoms with van der Waals surface area (Å²) in [4.78, 5) is 4.23. The molecule has 0 amide bonds. The quantitative estimate of drug-likeness (QED) is 0.821. The van der Waals surface area contributed by atoms with Crippen LogP contribution in [0.25, 0.3) is 0 Å². The number of halogens is 1. The number of oxazole rings is 1. The van der Waals surface area contributed by atoms with Gasteiger partial charge in [-0.3, -0.25) is 0 Å². The monoisotopic (exact) mass is 388 g/mol. The van der Waals surface area contributed by atoms with Gasteiger partial charge in [0.15, 0.2) is 0 Å². The van der Waals surface area contributed by atoms with Crippen LogP contribution in [0.3, 0.4) is 0 Å². The number of benzene rings is 1. The van der Waals surface area contributed by atoms with E-state index < -0.39 is 16.1 Å². The first-order valence-electron chi connectivity index (χ1n) is 6.67. The first kappa shape index (κ1) is 17.1. The zero-order valence-electron chi connectivity index (χ0n) is 12.2. The highest BCUT2D eigenvalue weighted by Gasteiger charge is 2.31. The molecule has 0 aliphatic rings. The van der Waals surface area contributed by atoms with Gasteiger partial charge in [0.2, 0.25) is 15.9 Å². The van der Waals surface area contributed by atoms with Crippen molar-refractivity contribution in [3.05, 3.63) is 46.6 Å². The predicted octanol–water partition coefficient (Wildman–Crippen LogP) is 2.49. The Balaban J connectivity index is 2.39. The zero-order chi connectivity index (χ0) is 16.3. The first-order chi connectivity index (χ1) is 10.4. The number of hydrogen-bond acceptors (Lipinski definition) is 5. The molecule has 2 rings (SSSR count). The Kier molecular flexibility index (Phi) is 5.38. The highest BCUT2D eigenvalue weighted by molar-refractivity contribution is 9.10. The molecule has 0 saturated carbocycles. The standard InChI is InChI=1S/C14H17BrN2O4S/c1-10-9-16-14(21-10)11(2)17(7-8-18)22(19,20)13-5-3-12(15)4-6-13/h3-6,9,11,18H,7-8H2,1-2H3/t11-/m0/s1. The summed E-state index contributed by atoms with van der Waals surface area (Å²) in [7, 11) is -3.77. The molecule has 1 aromatic heterocycles. The fraction of sp³-hybridized carbons (Fsp3) is 0.357. The largest absolute Gasteiger partial charge is 0.444 e. The van der Waals surface area contributed by atoms with Crippen molar-refractivity contribution in [3.63, 3.8) is 0 Å². The number of aliphatic hydroxyl groups excluding tert-OH is 1. The topological polar surface area (TPSA) is 83.6 Å². The van der Waals surface area contributed by atoms with Crippen LogP contribution in [0.2, 0.25) is 0 Å². The van der Waals surface area contributed by atoms with Crippen molar-refractivity contribution < 1.29 is 17.9 Å². The lowest BCUT2D eigenvalue weighted by Crippen LogP contribution is -2.36. The minimum atomic E-state index is -3.77. The summed E-state index contributed by atoms with van der Waals surface area (Å²) in [5.41, 5.74) is 0. The fourth-order valence-electron chi connectivity index (χ4n) is 2.05. The van der Waals surface area contributed by atoms with E-state index in [0.29, 0.717) is 11.7 Å². The van der Waals surface area contributed by atoms with Crippen molar-refractivity contribution in [2.45, 2.75) is 24.8 Å². The lowest BCUT2D eigenvalue weighted by molar-refractivity contribution is 0.216. The molecule has 1 N–H and O–H groups in total. The Labute approximate surface area is 138 Å². The molecule has 0 aliphatic heterocycles. The average molecular weight is 389 g/mol. The van der Waals surface area contributed by atoms with E-state index in [-0.39, 0.29) is 18.0 Å². The number of aromatic nitrogens is 1. The molecule has 0 fully saturated rings. The zero-order valence-corrected chi connectivity index (χ0v) is 14.6. The van der Waals surface area contributed by atoms with Crippen molar-refractivity contribution in [1.82, 2.24) is 9.29 Å². The van der Waals surface area contributed by atoms with Crippen LogP contribution in [0.4, 0.5) is 0 Å². The molecule has 8 heteroatoms. The van der Waals surface area contributed by atoms with Crippen molar-refractivity contribution in [1.29, 1.82) is 0 Å². The normalized spacial score (nSPS) is 13.5. The molecule has 1 aromatic carbocycles. The van der Waals surface area contributed by atoms with Gasteiger partial charge in [-0.25, -0.2) is 13.4 Å². The van der Waals surface area contributed by atoms with Gasteiger partial charge in [-0.1, -0.05) is 15.9 Å². The maximum Gasteiger partial charge on any atom is 0.243 e. The maximum atomic E-state index is 12.8. The molecule has 6 nitrogen and oxygen atoms in total. The van der Waals surface area contributed by atoms with Crippen molar-refractivity contribution in [2.24, 2.45) is 0 Å². The maximum absolute atomic E-state index is 12.8. The van der Waals surface area contributed by atoms with Crippen LogP contribution in [0.15, 0.2) is 44.2 Å². The lowest BCUT2D eigenvalue weighted by Gasteiger charge is -2.25. The summed E-state index contributed by atoms with van der Waals surface area (Å²) >= 11 is 3.27. The fourth-order valence-corrected chi connectivity index (χ4v) is 3.89. The third-order valence-electron chi connectivity index (χ3n) is 3.17. The first-order valence-corrected chi connectivity index (χ1v) is 8.90. The molecule has 0 bridgehead atoms. The summed E-state index contributed by atoms with van der Waals surface area (Å²) in [6.07, 6.45) is 1.54. The Morgan fingerprint density at radius 1 is 1.36 bits per heavy atom. The van der Waals surface area contributed by atoms with Gasteiger partial charge in [0.25, 0.3) is 0 Å². The number of rotatable bonds is 6. The molecular formula is C14H17BrN2O4S. The number of aliphatic hydroxyl groups is 1. The molecule has 0 aliphatic carbocycles. The Morgan fingerprint density at radius 3 is 2.50 bits per heavy atom. The molecule has 120 valence electrons. The van der Waals surface area contributed by atoms with Gasteiger partial charge < -0.3 is 9.52 Å². The summed E-state index contributed by atoms with van der Waals surface area (Å²) in [6, 6.07) is 5.72. The second-order valence-electron chi connectivity index (χ2n) is 4.78. The van der Waals surface area contributed by atoms with E-state index in [9.17, 15) is 13.5 Å². The van der Waals surface area contributed by atoms with Crippen LogP contribution >= 0.6 is 15.9 Å². The van der Waals surface area contributed by atoms with Gasteiger partial charge in [0, 0.05) is 11.0 Å². The second-order valence-corrected chi connectivity index (χ2v) is 7.58. The number of sulfonamides is 1. The third-order valence-corrected chi connectivity index (χ3v) is 5.68. The van der Waals surface area contributed by atoms with Crippen molar-refractivity contribution in [3.8, 4) is 0 Å². The van der Waals surface area contributed by atoms with E-state index in [1.165, 1.54) is 22.6 Å². The van der Waals surface area contributed by atoms with E-state index in [4.69, 9.17) is 4.42 Å². The van der Waals surface area contributed by atoms with E-state index in [2.05, 4.69) is 20.9 Å². The van der Waals surface area contributed by atoms with Crippen LogP contribution < -0.4 is 0 Å². The Morgan fingerprint density at radius 2 is 2.00 bits per heavy atom. The molecule has 0 unspecified atom stereocenters. The van der Waals surface area contributed by atoms with Crippen molar-refractivity contribution >= 4 is 26.0 Å². The third kappa shape index (κ3) is 3.57. The summed E-state index contributed by atoms with van der Waals surface area (Å²) in [5, 5.41) is 9.23. The Bertz CT molecular complexity index is 728. The van der Waals surface area contributed by atoms with Crippen LogP contribution in [0.5, 0.6) is 0 Å². The van der Waals surface area contributed by atoms with Crippen molar-refractivity contribution in [2.75, 3.05) is 13.2 Å². The van der Waals surface area contributed by atoms with Gasteiger partial charge in [-0.05, 0) is 38.1 Å². The molecule has 2 aromatic rings. The van der Waals surface area contributed by atoms with Crippen LogP contribution in [0.1, 0.15) is 24.6 Å². The number of aryl methyl sites for hydroxylation is 1. The predicted molar refractivity (Wildman–Crippen MR) is 84.8 cm³/mol. The van der Waals surface area contributed by atoms with Crippen LogP contribution in [-0.2, 0) is 10.0 Å². The molecular weight excluding hydrogens is 372 g/mol. The van der Waals surface area contributed by atoms with E-state index in [0.717, 1.165) is 4.47 Å². The lowest BCUT2D eigenvalue weighted by atomic mass is 10.3. The number of nitrogens with zero attached hydrogens (tertiary/aromatic N) is 2. The smallest absolute Gasteiger partial charge is 0.243 e. The molecule has 0 spiro atoms. The summed E-state index contributed by atoms with van der Waals surface area (Å²) in [6.45, 7) is 3.08. The molecule has 0 saturated heterocycles. The highest BCUT2D eigenvalue weighted by Crippen LogP contribution is 2.27. The summed E-state index contributed by atoms with van der Waals surface area (Å²) in [5.74, 6) is 0.901. The highest BCUT2D eigenvalue weighted by atomic mass is 79.9. The Hall–Kier alpha value is -1.22. The van der Waals surface area contributed by atoms with Gasteiger partial charge in [0.1, 0.15) is 5.76 Å². The molecule has 1 atom stereocenters. The molecule has 22 heavy (non-hydrogen) atoms. The van der Waals surface area contributed by atoms with Crippen LogP contribution in [-0.4, -0.2) is 36.0 Å².